The molecule has 0 amide bonds. The molecule has 1 aromatic rings. The van der Waals surface area contributed by atoms with Crippen LogP contribution in [0, 0.1) is 24.7 Å². The molecule has 0 aromatic heterocycles. The van der Waals surface area contributed by atoms with E-state index in [9.17, 15) is 0 Å². The Balaban J connectivity index is 1.43. The minimum absolute atomic E-state index is 0.841. The van der Waals surface area contributed by atoms with Crippen molar-refractivity contribution in [2.75, 3.05) is 0 Å². The van der Waals surface area contributed by atoms with Gasteiger partial charge in [-0.1, -0.05) is 68.9 Å². The number of rotatable bonds is 5. The average Bonchev–Trinajstić information content (AvgIpc) is 2.61. The number of aryl methyl sites for hydroxylation is 1. The normalized spacial score (nSPS) is 31.9. The van der Waals surface area contributed by atoms with Crippen molar-refractivity contribution in [3.63, 3.8) is 0 Å². The van der Waals surface area contributed by atoms with Crippen LogP contribution in [0.3, 0.4) is 0 Å². The predicted molar refractivity (Wildman–Crippen MR) is 101 cm³/mol. The average molecular weight is 313 g/mol. The summed E-state index contributed by atoms with van der Waals surface area (Å²) in [6.45, 7) is 4.52. The number of hydrogen-bond acceptors (Lipinski definition) is 0. The summed E-state index contributed by atoms with van der Waals surface area (Å²) in [4.78, 5) is 0. The molecule has 2 saturated carbocycles. The van der Waals surface area contributed by atoms with E-state index < -0.39 is 0 Å². The quantitative estimate of drug-likeness (QED) is 0.536. The Hall–Kier alpha value is -0.780. The molecule has 0 radical (unpaired) electrons. The van der Waals surface area contributed by atoms with Crippen molar-refractivity contribution in [3.8, 4) is 0 Å². The molecule has 0 spiro atoms. The Kier molecular flexibility index (Phi) is 6.20. The third-order valence-corrected chi connectivity index (χ3v) is 6.84. The van der Waals surface area contributed by atoms with Gasteiger partial charge in [0.15, 0.2) is 0 Å². The van der Waals surface area contributed by atoms with Gasteiger partial charge in [-0.15, -0.1) is 0 Å². The van der Waals surface area contributed by atoms with Gasteiger partial charge in [0.05, 0.1) is 0 Å². The molecule has 3 rings (SSSR count). The highest BCUT2D eigenvalue weighted by Crippen LogP contribution is 2.44. The van der Waals surface area contributed by atoms with Crippen LogP contribution >= 0.6 is 0 Å². The van der Waals surface area contributed by atoms with Crippen LogP contribution in [0.4, 0.5) is 0 Å². The monoisotopic (exact) mass is 312 g/mol. The van der Waals surface area contributed by atoms with E-state index in [1.165, 1.54) is 76.2 Å². The van der Waals surface area contributed by atoms with Crippen LogP contribution in [0.25, 0.3) is 0 Å². The van der Waals surface area contributed by atoms with Gasteiger partial charge >= 0.3 is 0 Å². The first-order valence-corrected chi connectivity index (χ1v) is 10.3. The van der Waals surface area contributed by atoms with Crippen molar-refractivity contribution in [1.29, 1.82) is 0 Å². The van der Waals surface area contributed by atoms with E-state index in [0.29, 0.717) is 0 Å². The van der Waals surface area contributed by atoms with Crippen molar-refractivity contribution in [2.24, 2.45) is 17.8 Å². The zero-order valence-corrected chi connectivity index (χ0v) is 15.4. The lowest BCUT2D eigenvalue weighted by Crippen LogP contribution is -2.25. The van der Waals surface area contributed by atoms with Gasteiger partial charge in [0.1, 0.15) is 0 Å². The second kappa shape index (κ2) is 8.36. The van der Waals surface area contributed by atoms with Crippen LogP contribution in [0.15, 0.2) is 24.3 Å². The Morgan fingerprint density at radius 3 is 1.91 bits per heavy atom. The maximum absolute atomic E-state index is 2.37. The van der Waals surface area contributed by atoms with E-state index in [4.69, 9.17) is 0 Å². The fourth-order valence-corrected chi connectivity index (χ4v) is 5.20. The van der Waals surface area contributed by atoms with Crippen LogP contribution in [0.5, 0.6) is 0 Å². The summed E-state index contributed by atoms with van der Waals surface area (Å²) in [6, 6.07) is 9.33. The summed E-state index contributed by atoms with van der Waals surface area (Å²) >= 11 is 0. The second-order valence-electron chi connectivity index (χ2n) is 8.45. The molecular weight excluding hydrogens is 276 g/mol. The standard InChI is InChI=1S/C23H36/c1-3-4-5-19-8-12-21(13-9-19)23-16-14-22(15-17-23)20-10-6-18(2)7-11-20/h6-7,10-11,19,21-23H,3-5,8-9,12-17H2,1-2H3. The van der Waals surface area contributed by atoms with Gasteiger partial charge in [-0.05, 0) is 74.7 Å². The molecule has 2 fully saturated rings. The SMILES string of the molecule is CCCCC1CCC(C2CCC(c3ccc(C)cc3)CC2)CC1. The Morgan fingerprint density at radius 2 is 1.35 bits per heavy atom. The van der Waals surface area contributed by atoms with E-state index in [1.807, 2.05) is 0 Å². The number of benzene rings is 1. The third-order valence-electron chi connectivity index (χ3n) is 6.84. The molecule has 0 aliphatic heterocycles. The van der Waals surface area contributed by atoms with Crippen LogP contribution < -0.4 is 0 Å². The minimum Gasteiger partial charge on any atom is -0.0654 e. The molecule has 2 aliphatic carbocycles. The molecule has 23 heavy (non-hydrogen) atoms. The molecule has 0 heterocycles. The van der Waals surface area contributed by atoms with Crippen LogP contribution in [0.1, 0.15) is 94.6 Å². The van der Waals surface area contributed by atoms with Gasteiger partial charge in [0, 0.05) is 0 Å². The molecule has 0 nitrogen and oxygen atoms in total. The van der Waals surface area contributed by atoms with Gasteiger partial charge in [0.2, 0.25) is 0 Å². The van der Waals surface area contributed by atoms with Crippen LogP contribution in [-0.2, 0) is 0 Å². The van der Waals surface area contributed by atoms with Gasteiger partial charge in [-0.25, -0.2) is 0 Å². The summed E-state index contributed by atoms with van der Waals surface area (Å²) in [5, 5.41) is 0. The number of unbranched alkanes of at least 4 members (excludes halogenated alkanes) is 1. The van der Waals surface area contributed by atoms with Crippen molar-refractivity contribution < 1.29 is 0 Å². The van der Waals surface area contributed by atoms with Gasteiger partial charge in [-0.3, -0.25) is 0 Å². The first kappa shape index (κ1) is 17.1. The molecule has 0 atom stereocenters. The van der Waals surface area contributed by atoms with Crippen molar-refractivity contribution >= 4 is 0 Å². The highest BCUT2D eigenvalue weighted by molar-refractivity contribution is 5.24. The van der Waals surface area contributed by atoms with Crippen LogP contribution in [0.2, 0.25) is 0 Å². The molecule has 0 saturated heterocycles. The fraction of sp³-hybridized carbons (Fsp3) is 0.739. The maximum atomic E-state index is 2.37. The smallest absolute Gasteiger partial charge is 0.0162 e. The zero-order chi connectivity index (χ0) is 16.1. The highest BCUT2D eigenvalue weighted by atomic mass is 14.4. The van der Waals surface area contributed by atoms with E-state index >= 15 is 0 Å². The minimum atomic E-state index is 0.841. The largest absolute Gasteiger partial charge is 0.0654 e. The Bertz CT molecular complexity index is 441. The molecule has 2 aliphatic rings. The fourth-order valence-electron chi connectivity index (χ4n) is 5.20. The Morgan fingerprint density at radius 1 is 0.783 bits per heavy atom. The first-order valence-electron chi connectivity index (χ1n) is 10.3. The first-order chi connectivity index (χ1) is 11.3. The highest BCUT2D eigenvalue weighted by Gasteiger charge is 2.31. The lowest BCUT2D eigenvalue weighted by molar-refractivity contribution is 0.156. The topological polar surface area (TPSA) is 0 Å². The third kappa shape index (κ3) is 4.61. The molecule has 128 valence electrons. The maximum Gasteiger partial charge on any atom is -0.0162 e. The van der Waals surface area contributed by atoms with Gasteiger partial charge in [-0.2, -0.15) is 0 Å². The summed E-state index contributed by atoms with van der Waals surface area (Å²) in [7, 11) is 0. The van der Waals surface area contributed by atoms with Crippen molar-refractivity contribution in [3.05, 3.63) is 35.4 Å². The molecule has 0 unspecified atom stereocenters. The molecule has 1 aromatic carbocycles. The van der Waals surface area contributed by atoms with E-state index in [1.54, 1.807) is 5.56 Å². The lowest BCUT2D eigenvalue weighted by atomic mass is 9.68. The summed E-state index contributed by atoms with van der Waals surface area (Å²) in [5.74, 6) is 4.01. The second-order valence-corrected chi connectivity index (χ2v) is 8.45. The molecule has 0 N–H and O–H groups in total. The summed E-state index contributed by atoms with van der Waals surface area (Å²) in [6.07, 6.45) is 16.3. The molecule has 0 heteroatoms. The Labute approximate surface area is 144 Å². The van der Waals surface area contributed by atoms with E-state index in [0.717, 1.165) is 23.7 Å². The van der Waals surface area contributed by atoms with Gasteiger partial charge in [0.25, 0.3) is 0 Å². The molecular formula is C23H36. The summed E-state index contributed by atoms with van der Waals surface area (Å²) in [5.41, 5.74) is 2.99. The predicted octanol–water partition coefficient (Wildman–Crippen LogP) is 7.27. The van der Waals surface area contributed by atoms with Crippen LogP contribution in [-0.4, -0.2) is 0 Å². The van der Waals surface area contributed by atoms with Crippen molar-refractivity contribution in [1.82, 2.24) is 0 Å². The lowest BCUT2D eigenvalue weighted by Gasteiger charge is -2.38. The molecule has 0 bridgehead atoms. The van der Waals surface area contributed by atoms with Crippen molar-refractivity contribution in [2.45, 2.75) is 90.4 Å². The summed E-state index contributed by atoms with van der Waals surface area (Å²) < 4.78 is 0. The number of hydrogen-bond donors (Lipinski definition) is 0. The van der Waals surface area contributed by atoms with Gasteiger partial charge < -0.3 is 0 Å². The van der Waals surface area contributed by atoms with E-state index in [-0.39, 0.29) is 0 Å². The zero-order valence-electron chi connectivity index (χ0n) is 15.4. The van der Waals surface area contributed by atoms with E-state index in [2.05, 4.69) is 38.1 Å².